The van der Waals surface area contributed by atoms with Crippen LogP contribution in [-0.2, 0) is 16.4 Å². The summed E-state index contributed by atoms with van der Waals surface area (Å²) in [4.78, 5) is 15.7. The van der Waals surface area contributed by atoms with E-state index < -0.39 is 10.0 Å². The number of rotatable bonds is 10. The van der Waals surface area contributed by atoms with Gasteiger partial charge in [0, 0.05) is 24.7 Å². The first-order valence-corrected chi connectivity index (χ1v) is 13.1. The lowest BCUT2D eigenvalue weighted by atomic mass is 10.0. The van der Waals surface area contributed by atoms with E-state index in [0.717, 1.165) is 38.9 Å². The minimum Gasteiger partial charge on any atom is -0.348 e. The smallest absolute Gasteiger partial charge is 0.251 e. The van der Waals surface area contributed by atoms with Gasteiger partial charge in [-0.05, 0) is 74.9 Å². The van der Waals surface area contributed by atoms with Gasteiger partial charge in [-0.2, -0.15) is 0 Å². The minimum atomic E-state index is -3.61. The molecule has 1 aliphatic carbocycles. The van der Waals surface area contributed by atoms with E-state index in [2.05, 4.69) is 27.1 Å². The predicted octanol–water partition coefficient (Wildman–Crippen LogP) is 3.20. The fourth-order valence-corrected chi connectivity index (χ4v) is 5.38. The highest BCUT2D eigenvalue weighted by atomic mass is 32.2. The van der Waals surface area contributed by atoms with Crippen molar-refractivity contribution in [1.29, 1.82) is 0 Å². The van der Waals surface area contributed by atoms with Gasteiger partial charge in [0.15, 0.2) is 0 Å². The molecular formula is C25H33N3O3S. The Morgan fingerprint density at radius 3 is 2.47 bits per heavy atom. The van der Waals surface area contributed by atoms with Gasteiger partial charge < -0.3 is 10.2 Å². The second-order valence-corrected chi connectivity index (χ2v) is 10.8. The molecule has 172 valence electrons. The van der Waals surface area contributed by atoms with Crippen LogP contribution in [0.1, 0.15) is 48.0 Å². The molecule has 1 heterocycles. The number of piperidine rings is 1. The zero-order valence-electron chi connectivity index (χ0n) is 18.5. The summed E-state index contributed by atoms with van der Waals surface area (Å²) in [5.74, 6) is 0.215. The third-order valence-electron chi connectivity index (χ3n) is 6.25. The molecule has 32 heavy (non-hydrogen) atoms. The van der Waals surface area contributed by atoms with Crippen molar-refractivity contribution >= 4 is 15.9 Å². The molecule has 4 rings (SSSR count). The van der Waals surface area contributed by atoms with Crippen molar-refractivity contribution < 1.29 is 13.2 Å². The SMILES string of the molecule is O=C(NC(Cc1ccccc1)CN1CCCCC1)c1cccc(S(=O)(=O)NCC2CC2)c1. The summed E-state index contributed by atoms with van der Waals surface area (Å²) in [6.07, 6.45) is 6.54. The maximum Gasteiger partial charge on any atom is 0.251 e. The average molecular weight is 456 g/mol. The summed E-state index contributed by atoms with van der Waals surface area (Å²) in [6.45, 7) is 3.37. The molecule has 2 aliphatic rings. The summed E-state index contributed by atoms with van der Waals surface area (Å²) < 4.78 is 27.9. The van der Waals surface area contributed by atoms with Crippen LogP contribution in [0.3, 0.4) is 0 Å². The van der Waals surface area contributed by atoms with Crippen LogP contribution in [-0.4, -0.2) is 51.4 Å². The first-order valence-electron chi connectivity index (χ1n) is 11.7. The Morgan fingerprint density at radius 1 is 1.00 bits per heavy atom. The van der Waals surface area contributed by atoms with Crippen LogP contribution in [0.2, 0.25) is 0 Å². The van der Waals surface area contributed by atoms with E-state index in [9.17, 15) is 13.2 Å². The van der Waals surface area contributed by atoms with Crippen LogP contribution >= 0.6 is 0 Å². The Balaban J connectivity index is 1.45. The lowest BCUT2D eigenvalue weighted by Gasteiger charge is -2.31. The molecule has 6 nitrogen and oxygen atoms in total. The van der Waals surface area contributed by atoms with Crippen molar-refractivity contribution in [3.05, 3.63) is 65.7 Å². The largest absolute Gasteiger partial charge is 0.348 e. The molecule has 0 aromatic heterocycles. The van der Waals surface area contributed by atoms with Crippen molar-refractivity contribution in [3.63, 3.8) is 0 Å². The normalized spacial score (nSPS) is 18.2. The quantitative estimate of drug-likeness (QED) is 0.577. The van der Waals surface area contributed by atoms with E-state index in [4.69, 9.17) is 0 Å². The molecular weight excluding hydrogens is 422 g/mol. The number of carbonyl (C=O) groups is 1. The summed E-state index contributed by atoms with van der Waals surface area (Å²) in [7, 11) is -3.61. The number of amides is 1. The molecule has 2 N–H and O–H groups in total. The lowest BCUT2D eigenvalue weighted by Crippen LogP contribution is -2.46. The van der Waals surface area contributed by atoms with Crippen LogP contribution < -0.4 is 10.0 Å². The van der Waals surface area contributed by atoms with Crippen LogP contribution in [0, 0.1) is 5.92 Å². The maximum absolute atomic E-state index is 13.1. The lowest BCUT2D eigenvalue weighted by molar-refractivity contribution is 0.0920. The number of benzene rings is 2. The Hall–Kier alpha value is -2.22. The molecule has 1 saturated carbocycles. The first kappa shape index (κ1) is 23.0. The van der Waals surface area contributed by atoms with Gasteiger partial charge >= 0.3 is 0 Å². The van der Waals surface area contributed by atoms with E-state index in [0.29, 0.717) is 18.0 Å². The molecule has 2 aromatic rings. The van der Waals surface area contributed by atoms with E-state index >= 15 is 0 Å². The van der Waals surface area contributed by atoms with E-state index in [-0.39, 0.29) is 16.8 Å². The molecule has 2 fully saturated rings. The average Bonchev–Trinajstić information content (AvgIpc) is 3.64. The Labute approximate surface area is 191 Å². The van der Waals surface area contributed by atoms with Gasteiger partial charge in [0.25, 0.3) is 5.91 Å². The molecule has 0 radical (unpaired) electrons. The molecule has 0 bridgehead atoms. The second kappa shape index (κ2) is 10.6. The zero-order chi connectivity index (χ0) is 22.4. The highest BCUT2D eigenvalue weighted by molar-refractivity contribution is 7.89. The zero-order valence-corrected chi connectivity index (χ0v) is 19.3. The van der Waals surface area contributed by atoms with Gasteiger partial charge in [-0.25, -0.2) is 13.1 Å². The Bertz CT molecular complexity index is 1000. The highest BCUT2D eigenvalue weighted by Crippen LogP contribution is 2.28. The van der Waals surface area contributed by atoms with Crippen molar-refractivity contribution in [3.8, 4) is 0 Å². The summed E-state index contributed by atoms with van der Waals surface area (Å²) in [5, 5.41) is 3.17. The number of hydrogen-bond acceptors (Lipinski definition) is 4. The summed E-state index contributed by atoms with van der Waals surface area (Å²) in [5.41, 5.74) is 1.55. The van der Waals surface area contributed by atoms with Gasteiger partial charge in [0.05, 0.1) is 4.90 Å². The first-order chi connectivity index (χ1) is 15.5. The van der Waals surface area contributed by atoms with Crippen LogP contribution in [0.25, 0.3) is 0 Å². The van der Waals surface area contributed by atoms with Gasteiger partial charge in [0.2, 0.25) is 10.0 Å². The Kier molecular flexibility index (Phi) is 7.60. The third kappa shape index (κ3) is 6.64. The number of carbonyl (C=O) groups excluding carboxylic acids is 1. The summed E-state index contributed by atoms with van der Waals surface area (Å²) >= 11 is 0. The van der Waals surface area contributed by atoms with Gasteiger partial charge in [0.1, 0.15) is 0 Å². The van der Waals surface area contributed by atoms with Crippen LogP contribution in [0.5, 0.6) is 0 Å². The van der Waals surface area contributed by atoms with E-state index in [1.807, 2.05) is 18.2 Å². The topological polar surface area (TPSA) is 78.5 Å². The minimum absolute atomic E-state index is 0.0451. The van der Waals surface area contributed by atoms with E-state index in [1.165, 1.54) is 30.9 Å². The third-order valence-corrected chi connectivity index (χ3v) is 7.67. The molecule has 7 heteroatoms. The van der Waals surface area contributed by atoms with E-state index in [1.54, 1.807) is 18.2 Å². The van der Waals surface area contributed by atoms with Gasteiger partial charge in [-0.3, -0.25) is 4.79 Å². The highest BCUT2D eigenvalue weighted by Gasteiger charge is 2.25. The van der Waals surface area contributed by atoms with Gasteiger partial charge in [-0.15, -0.1) is 0 Å². The Morgan fingerprint density at radius 2 is 1.75 bits per heavy atom. The van der Waals surface area contributed by atoms with Crippen molar-refractivity contribution in [2.24, 2.45) is 5.92 Å². The molecule has 1 unspecified atom stereocenters. The van der Waals surface area contributed by atoms with Crippen molar-refractivity contribution in [2.75, 3.05) is 26.2 Å². The van der Waals surface area contributed by atoms with Crippen LogP contribution in [0.4, 0.5) is 0 Å². The number of hydrogen-bond donors (Lipinski definition) is 2. The molecule has 1 atom stereocenters. The monoisotopic (exact) mass is 455 g/mol. The molecule has 1 amide bonds. The second-order valence-electron chi connectivity index (χ2n) is 9.04. The molecule has 0 spiro atoms. The fourth-order valence-electron chi connectivity index (χ4n) is 4.22. The maximum atomic E-state index is 13.1. The number of nitrogens with one attached hydrogen (secondary N) is 2. The number of nitrogens with zero attached hydrogens (tertiary/aromatic N) is 1. The molecule has 2 aromatic carbocycles. The van der Waals surface area contributed by atoms with Crippen LogP contribution in [0.15, 0.2) is 59.5 Å². The predicted molar refractivity (Wildman–Crippen MR) is 126 cm³/mol. The number of sulfonamides is 1. The van der Waals surface area contributed by atoms with Gasteiger partial charge in [-0.1, -0.05) is 42.8 Å². The molecule has 1 saturated heterocycles. The fraction of sp³-hybridized carbons (Fsp3) is 0.480. The number of likely N-dealkylation sites (tertiary alicyclic amines) is 1. The molecule has 1 aliphatic heterocycles. The standard InChI is InChI=1S/C25H33N3O3S/c29-25(22-10-7-11-24(17-22)32(30,31)26-18-21-12-13-21)27-23(16-20-8-3-1-4-9-20)19-28-14-5-2-6-15-28/h1,3-4,7-11,17,21,23,26H,2,5-6,12-16,18-19H2,(H,27,29). The summed E-state index contributed by atoms with van der Waals surface area (Å²) in [6, 6.07) is 16.5. The van der Waals surface area contributed by atoms with Crippen molar-refractivity contribution in [2.45, 2.75) is 49.5 Å². The van der Waals surface area contributed by atoms with Crippen molar-refractivity contribution in [1.82, 2.24) is 14.9 Å².